The zero-order chi connectivity index (χ0) is 19.3. The molecule has 1 aromatic heterocycles. The Morgan fingerprint density at radius 3 is 2.37 bits per heavy atom. The Bertz CT molecular complexity index is 844. The van der Waals surface area contributed by atoms with Gasteiger partial charge in [-0.25, -0.2) is 18.4 Å². The molecule has 1 aliphatic heterocycles. The summed E-state index contributed by atoms with van der Waals surface area (Å²) in [6.45, 7) is 3.70. The second-order valence-corrected chi connectivity index (χ2v) is 9.09. The van der Waals surface area contributed by atoms with Crippen molar-refractivity contribution in [2.75, 3.05) is 25.0 Å². The van der Waals surface area contributed by atoms with Crippen molar-refractivity contribution >= 4 is 27.4 Å². The SMILES string of the molecule is Cc1nc(Cl)cc(NCCc2ccc(S(=O)(=O)N3CCCCCC3)cc2)n1. The Kier molecular flexibility index (Phi) is 6.68. The van der Waals surface area contributed by atoms with E-state index in [0.717, 1.165) is 37.7 Å². The maximum absolute atomic E-state index is 12.8. The number of hydrogen-bond acceptors (Lipinski definition) is 5. The largest absolute Gasteiger partial charge is 0.370 e. The van der Waals surface area contributed by atoms with Crippen LogP contribution in [0.15, 0.2) is 35.2 Å². The molecule has 1 aromatic carbocycles. The van der Waals surface area contributed by atoms with Crippen molar-refractivity contribution in [1.29, 1.82) is 0 Å². The van der Waals surface area contributed by atoms with Crippen LogP contribution in [0.1, 0.15) is 37.1 Å². The highest BCUT2D eigenvalue weighted by Gasteiger charge is 2.24. The van der Waals surface area contributed by atoms with Crippen molar-refractivity contribution in [1.82, 2.24) is 14.3 Å². The Balaban J connectivity index is 1.59. The highest BCUT2D eigenvalue weighted by atomic mass is 35.5. The van der Waals surface area contributed by atoms with Crippen LogP contribution in [0.3, 0.4) is 0 Å². The third-order valence-corrected chi connectivity index (χ3v) is 6.76. The number of anilines is 1. The summed E-state index contributed by atoms with van der Waals surface area (Å²) >= 11 is 5.93. The summed E-state index contributed by atoms with van der Waals surface area (Å²) in [5.74, 6) is 1.31. The smallest absolute Gasteiger partial charge is 0.243 e. The van der Waals surface area contributed by atoms with Crippen molar-refractivity contribution in [2.24, 2.45) is 0 Å². The van der Waals surface area contributed by atoms with Gasteiger partial charge in [-0.1, -0.05) is 36.6 Å². The van der Waals surface area contributed by atoms with Gasteiger partial charge in [0.15, 0.2) is 0 Å². The predicted molar refractivity (Wildman–Crippen MR) is 108 cm³/mol. The third-order valence-electron chi connectivity index (χ3n) is 4.65. The average Bonchev–Trinajstić information content (AvgIpc) is 2.91. The van der Waals surface area contributed by atoms with E-state index in [1.54, 1.807) is 29.4 Å². The second-order valence-electron chi connectivity index (χ2n) is 6.76. The predicted octanol–water partition coefficient (Wildman–Crippen LogP) is 3.66. The fourth-order valence-corrected chi connectivity index (χ4v) is 4.96. The Hall–Kier alpha value is -1.70. The Morgan fingerprint density at radius 1 is 1.07 bits per heavy atom. The molecule has 0 unspecified atom stereocenters. The standard InChI is InChI=1S/C19H25ClN4O2S/c1-15-22-18(20)14-19(23-15)21-11-10-16-6-8-17(9-7-16)27(25,26)24-12-4-2-3-5-13-24/h6-9,14H,2-5,10-13H2,1H3,(H,21,22,23). The number of hydrogen-bond donors (Lipinski definition) is 1. The first-order valence-electron chi connectivity index (χ1n) is 9.29. The van der Waals surface area contributed by atoms with Crippen LogP contribution in [0.25, 0.3) is 0 Å². The molecule has 27 heavy (non-hydrogen) atoms. The summed E-state index contributed by atoms with van der Waals surface area (Å²) in [6.07, 6.45) is 4.85. The lowest BCUT2D eigenvalue weighted by Crippen LogP contribution is -2.31. The van der Waals surface area contributed by atoms with Gasteiger partial charge in [0, 0.05) is 25.7 Å². The van der Waals surface area contributed by atoms with Gasteiger partial charge in [-0.15, -0.1) is 0 Å². The molecule has 0 aliphatic carbocycles. The Morgan fingerprint density at radius 2 is 1.74 bits per heavy atom. The molecule has 2 heterocycles. The van der Waals surface area contributed by atoms with E-state index < -0.39 is 10.0 Å². The molecule has 146 valence electrons. The van der Waals surface area contributed by atoms with E-state index in [4.69, 9.17) is 11.6 Å². The van der Waals surface area contributed by atoms with Crippen molar-refractivity contribution in [2.45, 2.75) is 43.9 Å². The molecule has 1 saturated heterocycles. The lowest BCUT2D eigenvalue weighted by atomic mass is 10.1. The van der Waals surface area contributed by atoms with Crippen molar-refractivity contribution in [3.05, 3.63) is 46.9 Å². The first-order chi connectivity index (χ1) is 12.9. The minimum atomic E-state index is -3.39. The highest BCUT2D eigenvalue weighted by Crippen LogP contribution is 2.21. The average molecular weight is 409 g/mol. The number of nitrogens with zero attached hydrogens (tertiary/aromatic N) is 3. The molecule has 3 rings (SSSR count). The summed E-state index contributed by atoms with van der Waals surface area (Å²) in [5, 5.41) is 3.63. The van der Waals surface area contributed by atoms with E-state index in [-0.39, 0.29) is 0 Å². The van der Waals surface area contributed by atoms with Crippen LogP contribution in [0.2, 0.25) is 5.15 Å². The van der Waals surface area contributed by atoms with Crippen molar-refractivity contribution < 1.29 is 8.42 Å². The summed E-state index contributed by atoms with van der Waals surface area (Å²) in [4.78, 5) is 8.68. The fourth-order valence-electron chi connectivity index (χ4n) is 3.22. The van der Waals surface area contributed by atoms with Gasteiger partial charge in [0.1, 0.15) is 16.8 Å². The van der Waals surface area contributed by atoms with Gasteiger partial charge in [-0.2, -0.15) is 4.31 Å². The zero-order valence-corrected chi connectivity index (χ0v) is 17.1. The topological polar surface area (TPSA) is 75.2 Å². The second kappa shape index (κ2) is 8.99. The molecule has 1 fully saturated rings. The number of nitrogens with one attached hydrogen (secondary N) is 1. The summed E-state index contributed by atoms with van der Waals surface area (Å²) in [7, 11) is -3.39. The molecule has 2 aromatic rings. The van der Waals surface area contributed by atoms with Gasteiger partial charge in [-0.05, 0) is 43.9 Å². The molecule has 0 saturated carbocycles. The van der Waals surface area contributed by atoms with Crippen LogP contribution in [0, 0.1) is 6.92 Å². The van der Waals surface area contributed by atoms with Crippen molar-refractivity contribution in [3.63, 3.8) is 0 Å². The first kappa shape index (κ1) is 20.0. The molecule has 0 spiro atoms. The summed E-state index contributed by atoms with van der Waals surface area (Å²) in [5.41, 5.74) is 1.06. The number of rotatable bonds is 6. The normalized spacial score (nSPS) is 16.1. The number of halogens is 1. The lowest BCUT2D eigenvalue weighted by Gasteiger charge is -2.20. The maximum Gasteiger partial charge on any atom is 0.243 e. The quantitative estimate of drug-likeness (QED) is 0.738. The van der Waals surface area contributed by atoms with Gasteiger partial charge in [-0.3, -0.25) is 0 Å². The van der Waals surface area contributed by atoms with E-state index in [1.807, 2.05) is 12.1 Å². The molecule has 0 atom stereocenters. The van der Waals surface area contributed by atoms with E-state index in [0.29, 0.717) is 41.3 Å². The maximum atomic E-state index is 12.8. The van der Waals surface area contributed by atoms with Crippen LogP contribution >= 0.6 is 11.6 Å². The molecule has 0 radical (unpaired) electrons. The number of sulfonamides is 1. The number of aryl methyl sites for hydroxylation is 1. The minimum absolute atomic E-state index is 0.374. The van der Waals surface area contributed by atoms with E-state index >= 15 is 0 Å². The molecule has 1 aliphatic rings. The van der Waals surface area contributed by atoms with Crippen LogP contribution < -0.4 is 5.32 Å². The van der Waals surface area contributed by atoms with Crippen LogP contribution in [-0.4, -0.2) is 42.3 Å². The third kappa shape index (κ3) is 5.40. The monoisotopic (exact) mass is 408 g/mol. The number of benzene rings is 1. The molecule has 8 heteroatoms. The highest BCUT2D eigenvalue weighted by molar-refractivity contribution is 7.89. The van der Waals surface area contributed by atoms with Crippen LogP contribution in [0.5, 0.6) is 0 Å². The van der Waals surface area contributed by atoms with Gasteiger partial charge >= 0.3 is 0 Å². The van der Waals surface area contributed by atoms with Crippen LogP contribution in [-0.2, 0) is 16.4 Å². The van der Waals surface area contributed by atoms with Crippen molar-refractivity contribution in [3.8, 4) is 0 Å². The van der Waals surface area contributed by atoms with Gasteiger partial charge < -0.3 is 5.32 Å². The zero-order valence-electron chi connectivity index (χ0n) is 15.5. The molecule has 0 amide bonds. The van der Waals surface area contributed by atoms with E-state index in [2.05, 4.69) is 15.3 Å². The first-order valence-corrected chi connectivity index (χ1v) is 11.1. The molecule has 0 bridgehead atoms. The minimum Gasteiger partial charge on any atom is -0.370 e. The summed E-state index contributed by atoms with van der Waals surface area (Å²) < 4.78 is 27.2. The lowest BCUT2D eigenvalue weighted by molar-refractivity contribution is 0.423. The molecular formula is C19H25ClN4O2S. The molecule has 6 nitrogen and oxygen atoms in total. The van der Waals surface area contributed by atoms with E-state index in [9.17, 15) is 8.42 Å². The summed E-state index contributed by atoms with van der Waals surface area (Å²) in [6, 6.07) is 8.86. The van der Waals surface area contributed by atoms with Gasteiger partial charge in [0.2, 0.25) is 10.0 Å². The fraction of sp³-hybridized carbons (Fsp3) is 0.474. The van der Waals surface area contributed by atoms with Gasteiger partial charge in [0.25, 0.3) is 0 Å². The number of aromatic nitrogens is 2. The van der Waals surface area contributed by atoms with E-state index in [1.165, 1.54) is 0 Å². The Labute approximate surface area is 166 Å². The van der Waals surface area contributed by atoms with Crippen LogP contribution in [0.4, 0.5) is 5.82 Å². The molecule has 1 N–H and O–H groups in total. The van der Waals surface area contributed by atoms with Gasteiger partial charge in [0.05, 0.1) is 4.90 Å². The molecular weight excluding hydrogens is 384 g/mol.